The minimum atomic E-state index is -0.759. The molecular weight excluding hydrogens is 264 g/mol. The maximum Gasteiger partial charge on any atom is 0.248 e. The molecule has 3 atom stereocenters. The average Bonchev–Trinajstić information content (AvgIpc) is 2.34. The van der Waals surface area contributed by atoms with Gasteiger partial charge in [-0.2, -0.15) is 0 Å². The van der Waals surface area contributed by atoms with E-state index in [1.165, 1.54) is 0 Å². The number of rotatable bonds is 5. The third-order valence-corrected chi connectivity index (χ3v) is 4.51. The van der Waals surface area contributed by atoms with Crippen molar-refractivity contribution in [2.75, 3.05) is 6.54 Å². The molecule has 1 aliphatic heterocycles. The van der Waals surface area contributed by atoms with Crippen molar-refractivity contribution in [3.63, 3.8) is 0 Å². The summed E-state index contributed by atoms with van der Waals surface area (Å²) in [6.45, 7) is 14.8. The van der Waals surface area contributed by atoms with Crippen molar-refractivity contribution < 1.29 is 9.59 Å². The highest BCUT2D eigenvalue weighted by Crippen LogP contribution is 2.32. The van der Waals surface area contributed by atoms with Gasteiger partial charge < -0.3 is 10.2 Å². The fourth-order valence-electron chi connectivity index (χ4n) is 3.18. The topological polar surface area (TPSA) is 49.4 Å². The first-order valence-electron chi connectivity index (χ1n) is 8.20. The van der Waals surface area contributed by atoms with Gasteiger partial charge in [0.15, 0.2) is 0 Å². The molecule has 1 aliphatic rings. The molecule has 21 heavy (non-hydrogen) atoms. The van der Waals surface area contributed by atoms with Crippen LogP contribution in [0.5, 0.6) is 0 Å². The third kappa shape index (κ3) is 3.78. The molecule has 0 aromatic heterocycles. The normalized spacial score (nSPS) is 28.5. The van der Waals surface area contributed by atoms with Crippen LogP contribution in [0.25, 0.3) is 0 Å². The van der Waals surface area contributed by atoms with Gasteiger partial charge >= 0.3 is 0 Å². The lowest BCUT2D eigenvalue weighted by molar-refractivity contribution is -0.159. The predicted octanol–water partition coefficient (Wildman–Crippen LogP) is 2.96. The summed E-state index contributed by atoms with van der Waals surface area (Å²) in [4.78, 5) is 27.4. The standard InChI is InChI=1S/C17H32N2O2/c1-8-10-12(3)11-19-13(16(4,5)6)14(20)18-17(7,9-2)15(19)21/h12-13H,8-11H2,1-7H3,(H,18,20). The number of carbonyl (C=O) groups is 2. The van der Waals surface area contributed by atoms with E-state index in [1.807, 2.05) is 39.5 Å². The molecule has 0 radical (unpaired) electrons. The minimum absolute atomic E-state index is 0.0184. The van der Waals surface area contributed by atoms with Crippen LogP contribution in [0, 0.1) is 11.3 Å². The number of piperazine rings is 1. The van der Waals surface area contributed by atoms with Gasteiger partial charge in [0.2, 0.25) is 11.8 Å². The number of amides is 2. The molecule has 0 aromatic rings. The lowest BCUT2D eigenvalue weighted by Crippen LogP contribution is -2.71. The Morgan fingerprint density at radius 1 is 1.29 bits per heavy atom. The van der Waals surface area contributed by atoms with Crippen LogP contribution in [0.3, 0.4) is 0 Å². The zero-order valence-electron chi connectivity index (χ0n) is 14.7. The van der Waals surface area contributed by atoms with E-state index in [2.05, 4.69) is 19.2 Å². The summed E-state index contributed by atoms with van der Waals surface area (Å²) in [5, 5.41) is 2.95. The molecule has 1 rings (SSSR count). The van der Waals surface area contributed by atoms with Gasteiger partial charge in [-0.3, -0.25) is 9.59 Å². The van der Waals surface area contributed by atoms with E-state index in [-0.39, 0.29) is 23.3 Å². The summed E-state index contributed by atoms with van der Waals surface area (Å²) in [5.74, 6) is 0.457. The summed E-state index contributed by atoms with van der Waals surface area (Å²) < 4.78 is 0. The highest BCUT2D eigenvalue weighted by Gasteiger charge is 2.50. The van der Waals surface area contributed by atoms with E-state index < -0.39 is 5.54 Å². The molecule has 0 aromatic carbocycles. The molecule has 4 nitrogen and oxygen atoms in total. The Morgan fingerprint density at radius 2 is 1.86 bits per heavy atom. The maximum atomic E-state index is 12.9. The zero-order valence-corrected chi connectivity index (χ0v) is 14.7. The number of carbonyl (C=O) groups excluding carboxylic acids is 2. The van der Waals surface area contributed by atoms with Crippen LogP contribution in [0.15, 0.2) is 0 Å². The van der Waals surface area contributed by atoms with Crippen molar-refractivity contribution in [1.29, 1.82) is 0 Å². The van der Waals surface area contributed by atoms with E-state index in [0.29, 0.717) is 18.9 Å². The number of nitrogens with one attached hydrogen (secondary N) is 1. The molecular formula is C17H32N2O2. The average molecular weight is 296 g/mol. The molecule has 1 heterocycles. The van der Waals surface area contributed by atoms with Crippen molar-refractivity contribution in [2.45, 2.75) is 79.3 Å². The number of hydrogen-bond donors (Lipinski definition) is 1. The molecule has 1 fully saturated rings. The fraction of sp³-hybridized carbons (Fsp3) is 0.882. The van der Waals surface area contributed by atoms with Gasteiger partial charge in [-0.1, -0.05) is 48.0 Å². The van der Waals surface area contributed by atoms with Crippen molar-refractivity contribution >= 4 is 11.8 Å². The van der Waals surface area contributed by atoms with E-state index in [9.17, 15) is 9.59 Å². The van der Waals surface area contributed by atoms with Crippen molar-refractivity contribution in [2.24, 2.45) is 11.3 Å². The lowest BCUT2D eigenvalue weighted by atomic mass is 9.80. The highest BCUT2D eigenvalue weighted by atomic mass is 16.2. The molecule has 0 saturated carbocycles. The minimum Gasteiger partial charge on any atom is -0.340 e. The van der Waals surface area contributed by atoms with Crippen LogP contribution >= 0.6 is 0 Å². The zero-order chi connectivity index (χ0) is 16.4. The van der Waals surface area contributed by atoms with Crippen molar-refractivity contribution in [3.05, 3.63) is 0 Å². The Kier molecular flexibility index (Phi) is 5.46. The van der Waals surface area contributed by atoms with Gasteiger partial charge in [-0.15, -0.1) is 0 Å². The van der Waals surface area contributed by atoms with Gasteiger partial charge in [-0.25, -0.2) is 0 Å². The van der Waals surface area contributed by atoms with Crippen molar-refractivity contribution in [1.82, 2.24) is 10.2 Å². The molecule has 1 saturated heterocycles. The van der Waals surface area contributed by atoms with Gasteiger partial charge in [0.1, 0.15) is 11.6 Å². The molecule has 4 heteroatoms. The van der Waals surface area contributed by atoms with Crippen molar-refractivity contribution in [3.8, 4) is 0 Å². The Morgan fingerprint density at radius 3 is 2.29 bits per heavy atom. The van der Waals surface area contributed by atoms with Crippen LogP contribution in [0.2, 0.25) is 0 Å². The van der Waals surface area contributed by atoms with E-state index in [0.717, 1.165) is 12.8 Å². The molecule has 2 amide bonds. The van der Waals surface area contributed by atoms with Crippen LogP contribution in [-0.4, -0.2) is 34.8 Å². The summed E-state index contributed by atoms with van der Waals surface area (Å²) in [6, 6.07) is -0.385. The van der Waals surface area contributed by atoms with Gasteiger partial charge in [0.05, 0.1) is 0 Å². The first-order chi connectivity index (χ1) is 9.56. The largest absolute Gasteiger partial charge is 0.340 e. The second-order valence-corrected chi connectivity index (χ2v) is 7.79. The predicted molar refractivity (Wildman–Crippen MR) is 85.9 cm³/mol. The second kappa shape index (κ2) is 6.37. The van der Waals surface area contributed by atoms with Gasteiger partial charge in [0, 0.05) is 6.54 Å². The Labute approximate surface area is 129 Å². The van der Waals surface area contributed by atoms with Crippen LogP contribution < -0.4 is 5.32 Å². The van der Waals surface area contributed by atoms with E-state index >= 15 is 0 Å². The Balaban J connectivity index is 3.12. The third-order valence-electron chi connectivity index (χ3n) is 4.51. The van der Waals surface area contributed by atoms with Gasteiger partial charge in [-0.05, 0) is 31.1 Å². The first-order valence-corrected chi connectivity index (χ1v) is 8.20. The quantitative estimate of drug-likeness (QED) is 0.848. The number of hydrogen-bond acceptors (Lipinski definition) is 2. The molecule has 0 bridgehead atoms. The molecule has 3 unspecified atom stereocenters. The maximum absolute atomic E-state index is 12.9. The first kappa shape index (κ1) is 18.0. The molecule has 0 aliphatic carbocycles. The Hall–Kier alpha value is -1.06. The lowest BCUT2D eigenvalue weighted by Gasteiger charge is -2.49. The molecule has 1 N–H and O–H groups in total. The monoisotopic (exact) mass is 296 g/mol. The SMILES string of the molecule is CCCC(C)CN1C(=O)C(C)(CC)NC(=O)C1C(C)(C)C. The molecule has 122 valence electrons. The number of nitrogens with zero attached hydrogens (tertiary/aromatic N) is 1. The Bertz CT molecular complexity index is 400. The van der Waals surface area contributed by atoms with Crippen LogP contribution in [0.4, 0.5) is 0 Å². The summed E-state index contributed by atoms with van der Waals surface area (Å²) in [7, 11) is 0. The summed E-state index contributed by atoms with van der Waals surface area (Å²) >= 11 is 0. The van der Waals surface area contributed by atoms with Crippen LogP contribution in [-0.2, 0) is 9.59 Å². The van der Waals surface area contributed by atoms with Gasteiger partial charge in [0.25, 0.3) is 0 Å². The van der Waals surface area contributed by atoms with E-state index in [4.69, 9.17) is 0 Å². The van der Waals surface area contributed by atoms with Crippen LogP contribution in [0.1, 0.15) is 67.7 Å². The molecule has 0 spiro atoms. The van der Waals surface area contributed by atoms with E-state index in [1.54, 1.807) is 0 Å². The summed E-state index contributed by atoms with van der Waals surface area (Å²) in [6.07, 6.45) is 2.79. The fourth-order valence-corrected chi connectivity index (χ4v) is 3.18. The second-order valence-electron chi connectivity index (χ2n) is 7.79. The highest BCUT2D eigenvalue weighted by molar-refractivity contribution is 5.99. The summed E-state index contributed by atoms with van der Waals surface area (Å²) in [5.41, 5.74) is -1.02. The smallest absolute Gasteiger partial charge is 0.248 e.